The van der Waals surface area contributed by atoms with E-state index in [0.29, 0.717) is 18.7 Å². The summed E-state index contributed by atoms with van der Waals surface area (Å²) in [5, 5.41) is 3.84. The number of ether oxygens (including phenoxy) is 1. The summed E-state index contributed by atoms with van der Waals surface area (Å²) in [7, 11) is 2.14. The Hall–Kier alpha value is -2.08. The minimum Gasteiger partial charge on any atom is -0.494 e. The van der Waals surface area contributed by atoms with Crippen molar-refractivity contribution in [1.82, 2.24) is 15.1 Å². The summed E-state index contributed by atoms with van der Waals surface area (Å²) < 4.78 is 5.59. The number of rotatable bonds is 8. The van der Waals surface area contributed by atoms with E-state index in [4.69, 9.17) is 16.3 Å². The summed E-state index contributed by atoms with van der Waals surface area (Å²) >= 11 is 6.07. The molecule has 2 aromatic rings. The van der Waals surface area contributed by atoms with Gasteiger partial charge in [0.25, 0.3) is 5.91 Å². The van der Waals surface area contributed by atoms with E-state index in [-0.39, 0.29) is 11.9 Å². The SMILES string of the molecule is CCCOc1ccc(C(=O)NC[C@H](c2ccc(Cl)cc2)N2CCN(C)CC2)cc1. The van der Waals surface area contributed by atoms with Crippen LogP contribution in [0.3, 0.4) is 0 Å². The summed E-state index contributed by atoms with van der Waals surface area (Å²) in [6, 6.07) is 15.4. The first kappa shape index (κ1) is 21.6. The number of amides is 1. The first-order valence-corrected chi connectivity index (χ1v) is 10.6. The van der Waals surface area contributed by atoms with E-state index < -0.39 is 0 Å². The Balaban J connectivity index is 1.65. The molecule has 5 nitrogen and oxygen atoms in total. The van der Waals surface area contributed by atoms with Crippen LogP contribution in [-0.2, 0) is 0 Å². The van der Waals surface area contributed by atoms with Crippen molar-refractivity contribution in [2.45, 2.75) is 19.4 Å². The van der Waals surface area contributed by atoms with Crippen LogP contribution in [0.5, 0.6) is 5.75 Å². The fourth-order valence-electron chi connectivity index (χ4n) is 3.49. The summed E-state index contributed by atoms with van der Waals surface area (Å²) in [5.41, 5.74) is 1.81. The number of hydrogen-bond acceptors (Lipinski definition) is 4. The minimum atomic E-state index is -0.0693. The maximum absolute atomic E-state index is 12.7. The monoisotopic (exact) mass is 415 g/mol. The van der Waals surface area contributed by atoms with E-state index >= 15 is 0 Å². The van der Waals surface area contributed by atoms with Crippen molar-refractivity contribution >= 4 is 17.5 Å². The predicted octanol–water partition coefficient (Wildman–Crippen LogP) is 3.85. The van der Waals surface area contributed by atoms with Gasteiger partial charge in [-0.1, -0.05) is 30.7 Å². The van der Waals surface area contributed by atoms with Gasteiger partial charge in [-0.15, -0.1) is 0 Å². The first-order chi connectivity index (χ1) is 14.1. The molecule has 0 radical (unpaired) electrons. The van der Waals surface area contributed by atoms with E-state index in [2.05, 4.69) is 41.2 Å². The van der Waals surface area contributed by atoms with E-state index in [1.54, 1.807) is 0 Å². The molecule has 0 aliphatic carbocycles. The molecular formula is C23H30ClN3O2. The molecule has 0 unspecified atom stereocenters. The summed E-state index contributed by atoms with van der Waals surface area (Å²) in [6.07, 6.45) is 0.959. The fourth-order valence-corrected chi connectivity index (χ4v) is 3.62. The van der Waals surface area contributed by atoms with Gasteiger partial charge >= 0.3 is 0 Å². The summed E-state index contributed by atoms with van der Waals surface area (Å²) in [5.74, 6) is 0.722. The molecule has 1 amide bonds. The van der Waals surface area contributed by atoms with Crippen molar-refractivity contribution in [3.8, 4) is 5.75 Å². The Labute approximate surface area is 178 Å². The highest BCUT2D eigenvalue weighted by molar-refractivity contribution is 6.30. The summed E-state index contributed by atoms with van der Waals surface area (Å²) in [4.78, 5) is 17.5. The van der Waals surface area contributed by atoms with E-state index in [0.717, 1.165) is 43.4 Å². The highest BCUT2D eigenvalue weighted by Gasteiger charge is 2.24. The number of carbonyl (C=O) groups is 1. The largest absolute Gasteiger partial charge is 0.494 e. The number of nitrogens with one attached hydrogen (secondary N) is 1. The smallest absolute Gasteiger partial charge is 0.251 e. The van der Waals surface area contributed by atoms with Gasteiger partial charge in [-0.05, 0) is 55.4 Å². The number of benzene rings is 2. The molecule has 1 heterocycles. The Morgan fingerprint density at radius 2 is 1.72 bits per heavy atom. The van der Waals surface area contributed by atoms with Crippen molar-refractivity contribution in [1.29, 1.82) is 0 Å². The van der Waals surface area contributed by atoms with Crippen LogP contribution in [0.4, 0.5) is 0 Å². The van der Waals surface area contributed by atoms with Gasteiger partial charge in [-0.3, -0.25) is 9.69 Å². The van der Waals surface area contributed by atoms with E-state index in [9.17, 15) is 4.79 Å². The third kappa shape index (κ3) is 6.20. The van der Waals surface area contributed by atoms with Crippen LogP contribution in [0.2, 0.25) is 5.02 Å². The number of piperazine rings is 1. The molecule has 0 spiro atoms. The number of nitrogens with zero attached hydrogens (tertiary/aromatic N) is 2. The highest BCUT2D eigenvalue weighted by atomic mass is 35.5. The van der Waals surface area contributed by atoms with Crippen LogP contribution < -0.4 is 10.1 Å². The maximum atomic E-state index is 12.7. The lowest BCUT2D eigenvalue weighted by molar-refractivity contribution is 0.0886. The molecule has 1 N–H and O–H groups in total. The number of hydrogen-bond donors (Lipinski definition) is 1. The molecule has 1 saturated heterocycles. The fraction of sp³-hybridized carbons (Fsp3) is 0.435. The van der Waals surface area contributed by atoms with Gasteiger partial charge in [0.15, 0.2) is 0 Å². The Bertz CT molecular complexity index is 772. The van der Waals surface area contributed by atoms with Gasteiger partial charge in [0.05, 0.1) is 12.6 Å². The third-order valence-corrected chi connectivity index (χ3v) is 5.53. The average molecular weight is 416 g/mol. The minimum absolute atomic E-state index is 0.0693. The Morgan fingerprint density at radius 3 is 2.34 bits per heavy atom. The zero-order chi connectivity index (χ0) is 20.6. The standard InChI is InChI=1S/C23H30ClN3O2/c1-3-16-29-21-10-6-19(7-11-21)23(28)25-17-22(18-4-8-20(24)9-5-18)27-14-12-26(2)13-15-27/h4-11,22H,3,12-17H2,1-2H3,(H,25,28)/t22-/m1/s1. The number of halogens is 1. The number of carbonyl (C=O) groups excluding carboxylic acids is 1. The van der Waals surface area contributed by atoms with Crippen LogP contribution in [0.1, 0.15) is 35.3 Å². The molecule has 6 heteroatoms. The molecule has 1 aliphatic heterocycles. The van der Waals surface area contributed by atoms with Gasteiger partial charge in [0, 0.05) is 43.3 Å². The Kier molecular flexibility index (Phi) is 7.92. The van der Waals surface area contributed by atoms with Crippen LogP contribution in [0.25, 0.3) is 0 Å². The molecule has 0 aromatic heterocycles. The normalized spacial score (nSPS) is 16.4. The maximum Gasteiger partial charge on any atom is 0.251 e. The molecular weight excluding hydrogens is 386 g/mol. The van der Waals surface area contributed by atoms with Crippen LogP contribution in [0, 0.1) is 0 Å². The van der Waals surface area contributed by atoms with E-state index in [1.165, 1.54) is 5.56 Å². The molecule has 3 rings (SSSR count). The van der Waals surface area contributed by atoms with Crippen molar-refractivity contribution in [3.63, 3.8) is 0 Å². The lowest BCUT2D eigenvalue weighted by Gasteiger charge is -2.38. The van der Waals surface area contributed by atoms with Gasteiger partial charge in [-0.2, -0.15) is 0 Å². The molecule has 1 fully saturated rings. The quantitative estimate of drug-likeness (QED) is 0.711. The van der Waals surface area contributed by atoms with E-state index in [1.807, 2.05) is 36.4 Å². The molecule has 1 aliphatic rings. The van der Waals surface area contributed by atoms with Crippen molar-refractivity contribution in [3.05, 3.63) is 64.7 Å². The molecule has 2 aromatic carbocycles. The average Bonchev–Trinajstić information content (AvgIpc) is 2.75. The zero-order valence-corrected chi connectivity index (χ0v) is 18.0. The molecule has 29 heavy (non-hydrogen) atoms. The zero-order valence-electron chi connectivity index (χ0n) is 17.2. The van der Waals surface area contributed by atoms with Crippen LogP contribution in [0.15, 0.2) is 48.5 Å². The van der Waals surface area contributed by atoms with Crippen molar-refractivity contribution < 1.29 is 9.53 Å². The van der Waals surface area contributed by atoms with Gasteiger partial charge in [0.1, 0.15) is 5.75 Å². The molecule has 156 valence electrons. The van der Waals surface area contributed by atoms with Gasteiger partial charge in [0.2, 0.25) is 0 Å². The number of likely N-dealkylation sites (N-methyl/N-ethyl adjacent to an activating group) is 1. The van der Waals surface area contributed by atoms with Gasteiger partial charge < -0.3 is 15.0 Å². The second-order valence-electron chi connectivity index (χ2n) is 7.49. The second-order valence-corrected chi connectivity index (χ2v) is 7.93. The topological polar surface area (TPSA) is 44.8 Å². The van der Waals surface area contributed by atoms with Crippen LogP contribution >= 0.6 is 11.6 Å². The molecule has 0 saturated carbocycles. The summed E-state index contributed by atoms with van der Waals surface area (Å²) in [6.45, 7) is 7.30. The Morgan fingerprint density at radius 1 is 1.07 bits per heavy atom. The predicted molar refractivity (Wildman–Crippen MR) is 118 cm³/mol. The van der Waals surface area contributed by atoms with Crippen molar-refractivity contribution in [2.24, 2.45) is 0 Å². The highest BCUT2D eigenvalue weighted by Crippen LogP contribution is 2.23. The second kappa shape index (κ2) is 10.6. The lowest BCUT2D eigenvalue weighted by Crippen LogP contribution is -2.48. The third-order valence-electron chi connectivity index (χ3n) is 5.28. The lowest BCUT2D eigenvalue weighted by atomic mass is 10.0. The molecule has 0 bridgehead atoms. The van der Waals surface area contributed by atoms with Gasteiger partial charge in [-0.25, -0.2) is 0 Å². The van der Waals surface area contributed by atoms with Crippen molar-refractivity contribution in [2.75, 3.05) is 46.4 Å². The first-order valence-electron chi connectivity index (χ1n) is 10.3. The molecule has 1 atom stereocenters. The van der Waals surface area contributed by atoms with Crippen LogP contribution in [-0.4, -0.2) is 62.1 Å².